The molecule has 0 aliphatic rings. The molecule has 0 aliphatic carbocycles. The second-order valence-corrected chi connectivity index (χ2v) is 5.19. The van der Waals surface area contributed by atoms with Gasteiger partial charge in [-0.25, -0.2) is 4.98 Å². The van der Waals surface area contributed by atoms with Crippen LogP contribution in [0, 0.1) is 0 Å². The minimum Gasteiger partial charge on any atom is -0.491 e. The molecule has 3 rings (SSSR count). The molecule has 0 aliphatic heterocycles. The van der Waals surface area contributed by atoms with E-state index in [-0.39, 0.29) is 12.7 Å². The molecule has 2 aromatic heterocycles. The molecule has 1 N–H and O–H groups in total. The first-order chi connectivity index (χ1) is 10.2. The Kier molecular flexibility index (Phi) is 3.62. The number of aliphatic hydroxyl groups is 1. The fourth-order valence-corrected chi connectivity index (χ4v) is 2.39. The van der Waals surface area contributed by atoms with Crippen molar-refractivity contribution in [3.63, 3.8) is 0 Å². The number of aliphatic hydroxyl groups excluding tert-OH is 1. The summed E-state index contributed by atoms with van der Waals surface area (Å²) >= 11 is 0. The van der Waals surface area contributed by atoms with E-state index in [1.165, 1.54) is 0 Å². The van der Waals surface area contributed by atoms with Crippen molar-refractivity contribution >= 4 is 5.65 Å². The van der Waals surface area contributed by atoms with Crippen LogP contribution in [0.4, 0.5) is 0 Å². The number of fused-ring (bicyclic) bond motifs is 1. The van der Waals surface area contributed by atoms with Gasteiger partial charge in [-0.3, -0.25) is 0 Å². The van der Waals surface area contributed by atoms with Gasteiger partial charge in [0.05, 0.1) is 24.1 Å². The average molecular weight is 282 g/mol. The van der Waals surface area contributed by atoms with Crippen LogP contribution in [0.15, 0.2) is 48.7 Å². The second-order valence-electron chi connectivity index (χ2n) is 5.19. The number of nitrogens with zero attached hydrogens (tertiary/aromatic N) is 2. The number of aromatic nitrogens is 2. The van der Waals surface area contributed by atoms with Gasteiger partial charge < -0.3 is 14.2 Å². The summed E-state index contributed by atoms with van der Waals surface area (Å²) in [6, 6.07) is 13.6. The van der Waals surface area contributed by atoms with E-state index in [2.05, 4.69) is 4.98 Å². The zero-order chi connectivity index (χ0) is 14.8. The number of imidazole rings is 1. The number of hydrogen-bond acceptors (Lipinski definition) is 3. The van der Waals surface area contributed by atoms with Crippen LogP contribution in [-0.2, 0) is 6.61 Å². The zero-order valence-corrected chi connectivity index (χ0v) is 12.2. The fourth-order valence-electron chi connectivity index (χ4n) is 2.39. The molecule has 21 heavy (non-hydrogen) atoms. The van der Waals surface area contributed by atoms with Crippen molar-refractivity contribution in [2.45, 2.75) is 26.6 Å². The van der Waals surface area contributed by atoms with Crippen molar-refractivity contribution in [3.8, 4) is 17.0 Å². The van der Waals surface area contributed by atoms with Crippen molar-refractivity contribution in [1.29, 1.82) is 0 Å². The van der Waals surface area contributed by atoms with Crippen LogP contribution in [0.5, 0.6) is 5.75 Å². The maximum absolute atomic E-state index is 9.65. The normalized spacial score (nSPS) is 11.2. The summed E-state index contributed by atoms with van der Waals surface area (Å²) in [6.07, 6.45) is 2.06. The Labute approximate surface area is 123 Å². The number of benzene rings is 1. The predicted octanol–water partition coefficient (Wildman–Crippen LogP) is 3.28. The van der Waals surface area contributed by atoms with E-state index >= 15 is 0 Å². The van der Waals surface area contributed by atoms with Crippen molar-refractivity contribution in [2.24, 2.45) is 0 Å². The van der Waals surface area contributed by atoms with Crippen molar-refractivity contribution in [1.82, 2.24) is 9.38 Å². The van der Waals surface area contributed by atoms with Crippen molar-refractivity contribution in [3.05, 3.63) is 54.4 Å². The highest BCUT2D eigenvalue weighted by molar-refractivity contribution is 5.67. The van der Waals surface area contributed by atoms with E-state index in [1.54, 1.807) is 0 Å². The lowest BCUT2D eigenvalue weighted by Crippen LogP contribution is -2.05. The van der Waals surface area contributed by atoms with Gasteiger partial charge in [-0.1, -0.05) is 6.07 Å². The molecule has 0 saturated carbocycles. The molecule has 0 radical (unpaired) electrons. The van der Waals surface area contributed by atoms with Crippen LogP contribution in [0.1, 0.15) is 19.5 Å². The van der Waals surface area contributed by atoms with Crippen LogP contribution >= 0.6 is 0 Å². The number of rotatable bonds is 4. The summed E-state index contributed by atoms with van der Waals surface area (Å²) in [6.45, 7) is 3.95. The highest BCUT2D eigenvalue weighted by Gasteiger charge is 2.12. The third-order valence-electron chi connectivity index (χ3n) is 3.28. The maximum atomic E-state index is 9.65. The SMILES string of the molecule is CC(C)Oc1ccc(-c2nc3ccccn3c2CO)cc1. The van der Waals surface area contributed by atoms with Crippen LogP contribution < -0.4 is 4.74 Å². The smallest absolute Gasteiger partial charge is 0.137 e. The van der Waals surface area contributed by atoms with E-state index in [0.29, 0.717) is 0 Å². The molecule has 4 nitrogen and oxygen atoms in total. The molecular formula is C17H18N2O2. The third kappa shape index (κ3) is 2.62. The van der Waals surface area contributed by atoms with Crippen LogP contribution in [0.3, 0.4) is 0 Å². The largest absolute Gasteiger partial charge is 0.491 e. The lowest BCUT2D eigenvalue weighted by Gasteiger charge is -2.10. The van der Waals surface area contributed by atoms with Gasteiger partial charge in [-0.05, 0) is 50.2 Å². The summed E-state index contributed by atoms with van der Waals surface area (Å²) in [5.74, 6) is 0.836. The van der Waals surface area contributed by atoms with Crippen LogP contribution in [0.25, 0.3) is 16.9 Å². The van der Waals surface area contributed by atoms with Crippen LogP contribution in [0.2, 0.25) is 0 Å². The minimum atomic E-state index is -0.0508. The molecule has 0 atom stereocenters. The molecule has 0 unspecified atom stereocenters. The first-order valence-corrected chi connectivity index (χ1v) is 7.03. The van der Waals surface area contributed by atoms with Gasteiger partial charge in [0.15, 0.2) is 0 Å². The Balaban J connectivity index is 2.03. The van der Waals surface area contributed by atoms with E-state index in [0.717, 1.165) is 28.3 Å². The summed E-state index contributed by atoms with van der Waals surface area (Å²) < 4.78 is 7.56. The van der Waals surface area contributed by atoms with E-state index in [1.807, 2.05) is 66.9 Å². The zero-order valence-electron chi connectivity index (χ0n) is 12.2. The predicted molar refractivity (Wildman–Crippen MR) is 82.3 cm³/mol. The summed E-state index contributed by atoms with van der Waals surface area (Å²) in [4.78, 5) is 4.61. The number of hydrogen-bond donors (Lipinski definition) is 1. The van der Waals surface area contributed by atoms with Gasteiger partial charge in [0.25, 0.3) is 0 Å². The monoisotopic (exact) mass is 282 g/mol. The Hall–Kier alpha value is -2.33. The molecule has 3 aromatic rings. The van der Waals surface area contributed by atoms with Gasteiger partial charge in [-0.2, -0.15) is 0 Å². The Morgan fingerprint density at radius 1 is 1.14 bits per heavy atom. The molecule has 4 heteroatoms. The first kappa shape index (κ1) is 13.6. The van der Waals surface area contributed by atoms with Gasteiger partial charge in [-0.15, -0.1) is 0 Å². The highest BCUT2D eigenvalue weighted by Crippen LogP contribution is 2.26. The van der Waals surface area contributed by atoms with Gasteiger partial charge >= 0.3 is 0 Å². The molecule has 0 spiro atoms. The average Bonchev–Trinajstić information content (AvgIpc) is 2.86. The Bertz CT molecular complexity index is 745. The molecule has 0 saturated heterocycles. The molecule has 1 aromatic carbocycles. The summed E-state index contributed by atoms with van der Waals surface area (Å²) in [5.41, 5.74) is 3.40. The van der Waals surface area contributed by atoms with E-state index in [9.17, 15) is 5.11 Å². The second kappa shape index (κ2) is 5.58. The molecule has 0 amide bonds. The van der Waals surface area contributed by atoms with Gasteiger partial charge in [0, 0.05) is 11.8 Å². The Morgan fingerprint density at radius 2 is 1.90 bits per heavy atom. The van der Waals surface area contributed by atoms with Gasteiger partial charge in [0.2, 0.25) is 0 Å². The summed E-state index contributed by atoms with van der Waals surface area (Å²) in [7, 11) is 0. The molecular weight excluding hydrogens is 264 g/mol. The van der Waals surface area contributed by atoms with Crippen molar-refractivity contribution < 1.29 is 9.84 Å². The molecule has 0 fully saturated rings. The minimum absolute atomic E-state index is 0.0508. The van der Waals surface area contributed by atoms with E-state index < -0.39 is 0 Å². The van der Waals surface area contributed by atoms with Crippen LogP contribution in [-0.4, -0.2) is 20.6 Å². The van der Waals surface area contributed by atoms with E-state index in [4.69, 9.17) is 4.74 Å². The molecule has 108 valence electrons. The summed E-state index contributed by atoms with van der Waals surface area (Å²) in [5, 5.41) is 9.65. The maximum Gasteiger partial charge on any atom is 0.137 e. The highest BCUT2D eigenvalue weighted by atomic mass is 16.5. The molecule has 0 bridgehead atoms. The third-order valence-corrected chi connectivity index (χ3v) is 3.28. The number of ether oxygens (including phenoxy) is 1. The molecule has 2 heterocycles. The lowest BCUT2D eigenvalue weighted by atomic mass is 10.1. The quantitative estimate of drug-likeness (QED) is 0.798. The number of pyridine rings is 1. The lowest BCUT2D eigenvalue weighted by molar-refractivity contribution is 0.242. The fraction of sp³-hybridized carbons (Fsp3) is 0.235. The first-order valence-electron chi connectivity index (χ1n) is 7.03. The Morgan fingerprint density at radius 3 is 2.57 bits per heavy atom. The topological polar surface area (TPSA) is 46.8 Å². The van der Waals surface area contributed by atoms with Crippen molar-refractivity contribution in [2.75, 3.05) is 0 Å². The van der Waals surface area contributed by atoms with Gasteiger partial charge in [0.1, 0.15) is 11.4 Å². The standard InChI is InChI=1S/C17H18N2O2/c1-12(2)21-14-8-6-13(7-9-14)17-15(11-20)19-10-4-3-5-16(19)18-17/h3-10,12,20H,11H2,1-2H3.